The van der Waals surface area contributed by atoms with Gasteiger partial charge in [0.25, 0.3) is 0 Å². The topological polar surface area (TPSA) is 174 Å². The summed E-state index contributed by atoms with van der Waals surface area (Å²) in [5.74, 6) is 0.966. The Balaban J connectivity index is 2.05. The highest BCUT2D eigenvalue weighted by atomic mass is 32.1. The molecule has 0 radical (unpaired) electrons. The quantitative estimate of drug-likeness (QED) is 0.353. The van der Waals surface area contributed by atoms with Crippen LogP contribution < -0.4 is 20.8 Å². The average Bonchev–Trinajstić information content (AvgIpc) is 2.89. The first kappa shape index (κ1) is 21.1. The largest absolute Gasteiger partial charge is 0.802 e. The van der Waals surface area contributed by atoms with E-state index in [1.54, 1.807) is 13.1 Å². The first-order valence-electron chi connectivity index (χ1n) is 7.30. The van der Waals surface area contributed by atoms with Crippen LogP contribution in [0, 0.1) is 13.8 Å². The van der Waals surface area contributed by atoms with Gasteiger partial charge in [0.2, 0.25) is 0 Å². The summed E-state index contributed by atoms with van der Waals surface area (Å²) in [6.45, 7) is 3.17. The van der Waals surface area contributed by atoms with E-state index in [-0.39, 0.29) is 6.42 Å². The normalized spacial score (nSPS) is 14.3. The predicted molar refractivity (Wildman–Crippen MR) is 89.0 cm³/mol. The molecule has 1 unspecified atom stereocenters. The maximum atomic E-state index is 11.5. The minimum Gasteiger partial charge on any atom is -0.802 e. The number of anilines is 1. The zero-order valence-electron chi connectivity index (χ0n) is 13.9. The third-order valence-corrected chi connectivity index (χ3v) is 8.46. The van der Waals surface area contributed by atoms with E-state index in [2.05, 4.69) is 19.2 Å². The van der Waals surface area contributed by atoms with Gasteiger partial charge in [-0.05, 0) is 30.4 Å². The smallest absolute Gasteiger partial charge is 0.348 e. The van der Waals surface area contributed by atoms with E-state index in [9.17, 15) is 24.2 Å². The zero-order chi connectivity index (χ0) is 19.5. The molecule has 0 fully saturated rings. The van der Waals surface area contributed by atoms with Crippen LogP contribution in [-0.4, -0.2) is 16.6 Å². The Bertz CT molecular complexity index is 883. The van der Waals surface area contributed by atoms with Crippen molar-refractivity contribution in [2.24, 2.45) is 0 Å². The SMILES string of the molecule is Cc1ncc(Cc2csc(CCOP(=O)(O[O-])P(=O)([O-])[O-])c2C)c(N)n1. The summed E-state index contributed by atoms with van der Waals surface area (Å²) in [4.78, 5) is 30.6. The van der Waals surface area contributed by atoms with E-state index in [4.69, 9.17) is 5.73 Å². The first-order valence-corrected chi connectivity index (χ1v) is 12.0. The Kier molecular flexibility index (Phi) is 6.70. The van der Waals surface area contributed by atoms with E-state index in [1.165, 1.54) is 11.3 Å². The Morgan fingerprint density at radius 2 is 1.96 bits per heavy atom. The third-order valence-electron chi connectivity index (χ3n) is 3.62. The number of aryl methyl sites for hydroxylation is 1. The molecule has 0 aliphatic rings. The van der Waals surface area contributed by atoms with Gasteiger partial charge in [-0.25, -0.2) is 9.97 Å². The summed E-state index contributed by atoms with van der Waals surface area (Å²) in [7, 11) is -11.0. The van der Waals surface area contributed by atoms with Crippen LogP contribution in [0.15, 0.2) is 11.6 Å². The van der Waals surface area contributed by atoms with Gasteiger partial charge >= 0.3 is 7.28 Å². The molecule has 0 amide bonds. The van der Waals surface area contributed by atoms with Gasteiger partial charge in [-0.1, -0.05) is 0 Å². The van der Waals surface area contributed by atoms with Gasteiger partial charge in [0.15, 0.2) is 0 Å². The number of hydrogen-bond acceptors (Lipinski definition) is 11. The lowest BCUT2D eigenvalue weighted by molar-refractivity contribution is -0.639. The lowest BCUT2D eigenvalue weighted by Gasteiger charge is -2.37. The maximum Gasteiger partial charge on any atom is 0.348 e. The zero-order valence-corrected chi connectivity index (χ0v) is 16.5. The number of nitrogens with zero attached hydrogens (tertiary/aromatic N) is 2. The second kappa shape index (κ2) is 8.24. The molecule has 0 aliphatic heterocycles. The van der Waals surface area contributed by atoms with Crippen molar-refractivity contribution in [3.8, 4) is 0 Å². The fourth-order valence-electron chi connectivity index (χ4n) is 2.16. The summed E-state index contributed by atoms with van der Waals surface area (Å²) < 4.78 is 29.8. The molecule has 2 rings (SSSR count). The van der Waals surface area contributed by atoms with Crippen LogP contribution in [0.25, 0.3) is 0 Å². The highest BCUT2D eigenvalue weighted by molar-refractivity contribution is 8.25. The third kappa shape index (κ3) is 4.76. The van der Waals surface area contributed by atoms with Crippen molar-refractivity contribution >= 4 is 31.7 Å². The fourth-order valence-corrected chi connectivity index (χ4v) is 4.72. The molecule has 2 aromatic heterocycles. The van der Waals surface area contributed by atoms with Gasteiger partial charge in [-0.2, -0.15) is 0 Å². The summed E-state index contributed by atoms with van der Waals surface area (Å²) in [6, 6.07) is 0. The van der Waals surface area contributed by atoms with Gasteiger partial charge < -0.3 is 34.5 Å². The molecule has 10 nitrogen and oxygen atoms in total. The molecule has 0 saturated heterocycles. The summed E-state index contributed by atoms with van der Waals surface area (Å²) in [6.07, 6.45) is 2.32. The van der Waals surface area contributed by atoms with Gasteiger partial charge in [-0.15, -0.1) is 11.3 Å². The number of thiophene rings is 1. The molecule has 0 saturated carbocycles. The van der Waals surface area contributed by atoms with Crippen LogP contribution in [0.4, 0.5) is 5.82 Å². The maximum absolute atomic E-state index is 11.5. The fraction of sp³-hybridized carbons (Fsp3) is 0.385. The van der Waals surface area contributed by atoms with Crippen molar-refractivity contribution < 1.29 is 33.4 Å². The molecule has 0 aromatic carbocycles. The van der Waals surface area contributed by atoms with Crippen molar-refractivity contribution in [1.82, 2.24) is 9.97 Å². The van der Waals surface area contributed by atoms with Crippen LogP contribution in [0.2, 0.25) is 0 Å². The molecule has 1 atom stereocenters. The van der Waals surface area contributed by atoms with Crippen molar-refractivity contribution in [3.05, 3.63) is 39.0 Å². The molecule has 26 heavy (non-hydrogen) atoms. The second-order valence-electron chi connectivity index (χ2n) is 5.41. The second-order valence-corrected chi connectivity index (χ2v) is 11.6. The standard InChI is InChI=1S/C13H19N3O7P2S/c1-8-11(5-10-6-15-9(2)16-13(10)14)7-26-12(8)3-4-22-25(21,23-17)24(18,19)20/h6-7,17H,3-5H2,1-2H3,(H2,14,15,16)(H2,18,19,20)/p-3. The minimum absolute atomic E-state index is 0.156. The molecule has 0 bridgehead atoms. The van der Waals surface area contributed by atoms with Crippen molar-refractivity contribution in [2.75, 3.05) is 12.3 Å². The molecule has 144 valence electrons. The molecular weight excluding hydrogens is 404 g/mol. The van der Waals surface area contributed by atoms with E-state index < -0.39 is 21.2 Å². The predicted octanol–water partition coefficient (Wildman–Crippen LogP) is 0.201. The molecule has 0 aliphatic carbocycles. The van der Waals surface area contributed by atoms with Crippen LogP contribution in [-0.2, 0) is 31.2 Å². The minimum atomic E-state index is -5.80. The number of aromatic nitrogens is 2. The monoisotopic (exact) mass is 420 g/mol. The van der Waals surface area contributed by atoms with Crippen LogP contribution >= 0.6 is 25.9 Å². The van der Waals surface area contributed by atoms with Crippen LogP contribution in [0.5, 0.6) is 0 Å². The Hall–Kier alpha value is -1.16. The van der Waals surface area contributed by atoms with E-state index in [0.717, 1.165) is 21.6 Å². The summed E-state index contributed by atoms with van der Waals surface area (Å²) in [5.41, 5.74) is 8.52. The number of nitrogens with two attached hydrogens (primary N) is 1. The van der Waals surface area contributed by atoms with Crippen molar-refractivity contribution in [3.63, 3.8) is 0 Å². The van der Waals surface area contributed by atoms with Crippen LogP contribution in [0.3, 0.4) is 0 Å². The molecular formula is C13H16N3O7P2S-3. The number of nitrogen functional groups attached to an aromatic ring is 1. The van der Waals surface area contributed by atoms with Gasteiger partial charge in [0.1, 0.15) is 11.6 Å². The van der Waals surface area contributed by atoms with Gasteiger partial charge in [-0.3, -0.25) is 4.57 Å². The molecule has 0 spiro atoms. The van der Waals surface area contributed by atoms with E-state index in [0.29, 0.717) is 18.1 Å². The lowest BCUT2D eigenvalue weighted by Crippen LogP contribution is -2.19. The summed E-state index contributed by atoms with van der Waals surface area (Å²) >= 11 is 1.37. The van der Waals surface area contributed by atoms with E-state index in [1.807, 2.05) is 12.3 Å². The van der Waals surface area contributed by atoms with Crippen LogP contribution in [0.1, 0.15) is 27.4 Å². The van der Waals surface area contributed by atoms with Crippen molar-refractivity contribution in [2.45, 2.75) is 26.7 Å². The number of hydrogen-bond donors (Lipinski definition) is 1. The molecule has 2 heterocycles. The highest BCUT2D eigenvalue weighted by Crippen LogP contribution is 2.72. The average molecular weight is 420 g/mol. The molecule has 2 N–H and O–H groups in total. The molecule has 13 heteroatoms. The summed E-state index contributed by atoms with van der Waals surface area (Å²) in [5, 5.41) is 12.2. The van der Waals surface area contributed by atoms with E-state index >= 15 is 0 Å². The first-order chi connectivity index (χ1) is 12.1. The Labute approximate surface area is 153 Å². The Morgan fingerprint density at radius 1 is 1.27 bits per heavy atom. The van der Waals surface area contributed by atoms with Gasteiger partial charge in [0, 0.05) is 36.8 Å². The Morgan fingerprint density at radius 3 is 2.54 bits per heavy atom. The molecule has 2 aromatic rings. The highest BCUT2D eigenvalue weighted by Gasteiger charge is 2.26. The lowest BCUT2D eigenvalue weighted by atomic mass is 10.0. The van der Waals surface area contributed by atoms with Crippen molar-refractivity contribution in [1.29, 1.82) is 0 Å². The number of rotatable bonds is 8. The van der Waals surface area contributed by atoms with Gasteiger partial charge in [0.05, 0.1) is 6.61 Å².